The smallest absolute Gasteiger partial charge is 0.0890 e. The maximum Gasteiger partial charge on any atom is 0.0890 e. The summed E-state index contributed by atoms with van der Waals surface area (Å²) in [5, 5.41) is 10.2. The van der Waals surface area contributed by atoms with Crippen molar-refractivity contribution in [1.29, 1.82) is 0 Å². The Hall–Kier alpha value is -2.33. The maximum atomic E-state index is 10.2. The van der Waals surface area contributed by atoms with E-state index in [1.807, 2.05) is 36.4 Å². The number of pyridine rings is 1. The van der Waals surface area contributed by atoms with Crippen LogP contribution in [0.5, 0.6) is 0 Å². The zero-order valence-corrected chi connectivity index (χ0v) is 10.3. The normalized spacial score (nSPS) is 12.5. The summed E-state index contributed by atoms with van der Waals surface area (Å²) in [5.74, 6) is 0. The molecule has 0 fully saturated rings. The molecular formula is C15H13N3O. The molecule has 0 amide bonds. The Morgan fingerprint density at radius 3 is 2.53 bits per heavy atom. The Morgan fingerprint density at radius 1 is 0.895 bits per heavy atom. The van der Waals surface area contributed by atoms with Gasteiger partial charge in [0.05, 0.1) is 17.1 Å². The first-order chi connectivity index (χ1) is 9.33. The molecule has 0 aliphatic rings. The van der Waals surface area contributed by atoms with E-state index in [0.717, 1.165) is 22.3 Å². The third-order valence-electron chi connectivity index (χ3n) is 3.01. The number of hydrogen-bond acceptors (Lipinski definition) is 4. The molecule has 0 saturated heterocycles. The highest BCUT2D eigenvalue weighted by atomic mass is 16.3. The van der Waals surface area contributed by atoms with Gasteiger partial charge in [-0.05, 0) is 29.8 Å². The molecule has 4 heteroatoms. The van der Waals surface area contributed by atoms with E-state index in [2.05, 4.69) is 15.0 Å². The number of aliphatic hydroxyl groups excluding tert-OH is 1. The van der Waals surface area contributed by atoms with Crippen LogP contribution >= 0.6 is 0 Å². The van der Waals surface area contributed by atoms with E-state index in [-0.39, 0.29) is 0 Å². The summed E-state index contributed by atoms with van der Waals surface area (Å²) >= 11 is 0. The molecule has 1 atom stereocenters. The SMILES string of the molecule is OC(Cc1ccccn1)c1ccc2nccnc2c1. The molecule has 3 rings (SSSR count). The molecule has 2 aromatic heterocycles. The van der Waals surface area contributed by atoms with E-state index in [9.17, 15) is 5.11 Å². The minimum absolute atomic E-state index is 0.493. The Kier molecular flexibility index (Phi) is 3.16. The van der Waals surface area contributed by atoms with Gasteiger partial charge in [0.15, 0.2) is 0 Å². The lowest BCUT2D eigenvalue weighted by Crippen LogP contribution is -2.03. The number of aromatic nitrogens is 3. The quantitative estimate of drug-likeness (QED) is 0.776. The topological polar surface area (TPSA) is 58.9 Å². The third-order valence-corrected chi connectivity index (χ3v) is 3.01. The molecule has 4 nitrogen and oxygen atoms in total. The lowest BCUT2D eigenvalue weighted by molar-refractivity contribution is 0.177. The van der Waals surface area contributed by atoms with Gasteiger partial charge in [-0.2, -0.15) is 0 Å². The zero-order valence-electron chi connectivity index (χ0n) is 10.3. The van der Waals surface area contributed by atoms with Gasteiger partial charge < -0.3 is 5.11 Å². The third kappa shape index (κ3) is 2.58. The average Bonchev–Trinajstić information content (AvgIpc) is 2.48. The van der Waals surface area contributed by atoms with Gasteiger partial charge in [-0.3, -0.25) is 15.0 Å². The van der Waals surface area contributed by atoms with Crippen molar-refractivity contribution in [1.82, 2.24) is 15.0 Å². The Bertz CT molecular complexity index is 685. The van der Waals surface area contributed by atoms with E-state index in [1.165, 1.54) is 0 Å². The molecule has 1 unspecified atom stereocenters. The van der Waals surface area contributed by atoms with E-state index < -0.39 is 6.10 Å². The van der Waals surface area contributed by atoms with Gasteiger partial charge >= 0.3 is 0 Å². The second-order valence-corrected chi connectivity index (χ2v) is 4.35. The van der Waals surface area contributed by atoms with Crippen LogP contribution in [0.15, 0.2) is 55.0 Å². The van der Waals surface area contributed by atoms with Crippen LogP contribution in [-0.2, 0) is 6.42 Å². The molecule has 19 heavy (non-hydrogen) atoms. The van der Waals surface area contributed by atoms with Crippen molar-refractivity contribution < 1.29 is 5.11 Å². The monoisotopic (exact) mass is 251 g/mol. The molecule has 0 radical (unpaired) electrons. The summed E-state index contributed by atoms with van der Waals surface area (Å²) in [6, 6.07) is 11.3. The lowest BCUT2D eigenvalue weighted by Gasteiger charge is -2.10. The summed E-state index contributed by atoms with van der Waals surface area (Å²) in [6.07, 6.45) is 4.95. The van der Waals surface area contributed by atoms with E-state index in [1.54, 1.807) is 18.6 Å². The fourth-order valence-corrected chi connectivity index (χ4v) is 2.02. The summed E-state index contributed by atoms with van der Waals surface area (Å²) in [6.45, 7) is 0. The number of benzene rings is 1. The van der Waals surface area contributed by atoms with Gasteiger partial charge in [0.2, 0.25) is 0 Å². The van der Waals surface area contributed by atoms with Crippen LogP contribution in [0.25, 0.3) is 11.0 Å². The van der Waals surface area contributed by atoms with Crippen molar-refractivity contribution >= 4 is 11.0 Å². The molecule has 3 aromatic rings. The van der Waals surface area contributed by atoms with Crippen molar-refractivity contribution in [2.24, 2.45) is 0 Å². The van der Waals surface area contributed by atoms with E-state index in [4.69, 9.17) is 0 Å². The number of nitrogens with zero attached hydrogens (tertiary/aromatic N) is 3. The van der Waals surface area contributed by atoms with Crippen LogP contribution in [0.2, 0.25) is 0 Å². The van der Waals surface area contributed by atoms with E-state index in [0.29, 0.717) is 6.42 Å². The van der Waals surface area contributed by atoms with Crippen LogP contribution in [-0.4, -0.2) is 20.1 Å². The molecule has 2 heterocycles. The van der Waals surface area contributed by atoms with Crippen LogP contribution in [0.1, 0.15) is 17.4 Å². The summed E-state index contributed by atoms with van der Waals surface area (Å²) in [7, 11) is 0. The van der Waals surface area contributed by atoms with Crippen LogP contribution in [0.3, 0.4) is 0 Å². The summed E-state index contributed by atoms with van der Waals surface area (Å²) in [4.78, 5) is 12.7. The van der Waals surface area contributed by atoms with Crippen molar-refractivity contribution in [2.45, 2.75) is 12.5 Å². The zero-order chi connectivity index (χ0) is 13.1. The van der Waals surface area contributed by atoms with Gasteiger partial charge in [-0.25, -0.2) is 0 Å². The predicted molar refractivity (Wildman–Crippen MR) is 72.4 cm³/mol. The molecule has 0 saturated carbocycles. The van der Waals surface area contributed by atoms with Crippen molar-refractivity contribution in [2.75, 3.05) is 0 Å². The number of rotatable bonds is 3. The fourth-order valence-electron chi connectivity index (χ4n) is 2.02. The van der Waals surface area contributed by atoms with Gasteiger partial charge in [-0.15, -0.1) is 0 Å². The number of hydrogen-bond donors (Lipinski definition) is 1. The molecular weight excluding hydrogens is 238 g/mol. The summed E-state index contributed by atoms with van der Waals surface area (Å²) < 4.78 is 0. The first-order valence-corrected chi connectivity index (χ1v) is 6.11. The molecule has 0 aliphatic heterocycles. The molecule has 0 spiro atoms. The molecule has 1 N–H and O–H groups in total. The predicted octanol–water partition coefficient (Wildman–Crippen LogP) is 2.30. The van der Waals surface area contributed by atoms with Gasteiger partial charge in [-0.1, -0.05) is 12.1 Å². The highest BCUT2D eigenvalue weighted by Gasteiger charge is 2.10. The first kappa shape index (κ1) is 11.7. The maximum absolute atomic E-state index is 10.2. The Morgan fingerprint density at radius 2 is 1.74 bits per heavy atom. The number of aliphatic hydroxyl groups is 1. The van der Waals surface area contributed by atoms with E-state index >= 15 is 0 Å². The molecule has 0 aliphatic carbocycles. The molecule has 1 aromatic carbocycles. The highest BCUT2D eigenvalue weighted by Crippen LogP contribution is 2.20. The minimum atomic E-state index is -0.582. The first-order valence-electron chi connectivity index (χ1n) is 6.11. The standard InChI is InChI=1S/C15H13N3O/c19-15(10-12-3-1-2-6-16-12)11-4-5-13-14(9-11)18-8-7-17-13/h1-9,15,19H,10H2. The second kappa shape index (κ2) is 5.12. The van der Waals surface area contributed by atoms with Gasteiger partial charge in [0.1, 0.15) is 0 Å². The lowest BCUT2D eigenvalue weighted by atomic mass is 10.0. The summed E-state index contributed by atoms with van der Waals surface area (Å²) in [5.41, 5.74) is 3.32. The average molecular weight is 251 g/mol. The van der Waals surface area contributed by atoms with Crippen LogP contribution in [0, 0.1) is 0 Å². The van der Waals surface area contributed by atoms with Crippen molar-refractivity contribution in [3.05, 3.63) is 66.2 Å². The van der Waals surface area contributed by atoms with Crippen molar-refractivity contribution in [3.8, 4) is 0 Å². The van der Waals surface area contributed by atoms with Crippen LogP contribution < -0.4 is 0 Å². The van der Waals surface area contributed by atoms with Crippen LogP contribution in [0.4, 0.5) is 0 Å². The fraction of sp³-hybridized carbons (Fsp3) is 0.133. The molecule has 94 valence electrons. The largest absolute Gasteiger partial charge is 0.388 e. The Labute approximate surface area is 110 Å². The van der Waals surface area contributed by atoms with Crippen molar-refractivity contribution in [3.63, 3.8) is 0 Å². The Balaban J connectivity index is 1.87. The van der Waals surface area contributed by atoms with Gasteiger partial charge in [0, 0.05) is 30.7 Å². The highest BCUT2D eigenvalue weighted by molar-refractivity contribution is 5.74. The van der Waals surface area contributed by atoms with Gasteiger partial charge in [0.25, 0.3) is 0 Å². The number of fused-ring (bicyclic) bond motifs is 1. The minimum Gasteiger partial charge on any atom is -0.388 e. The second-order valence-electron chi connectivity index (χ2n) is 4.35. The molecule has 0 bridgehead atoms.